The molecular weight excluding hydrogens is 370 g/mol. The maximum Gasteiger partial charge on any atom is 0.234 e. The minimum absolute atomic E-state index is 0.0769. The Morgan fingerprint density at radius 3 is 2.54 bits per heavy atom. The molecule has 7 heteroatoms. The molecule has 1 aromatic carbocycles. The molecular formula is C19H24ClN3O2S. The van der Waals surface area contributed by atoms with E-state index in [0.29, 0.717) is 24.7 Å². The highest BCUT2D eigenvalue weighted by Crippen LogP contribution is 2.10. The van der Waals surface area contributed by atoms with Crippen LogP contribution < -0.4 is 10.6 Å². The van der Waals surface area contributed by atoms with E-state index in [0.717, 1.165) is 16.9 Å². The molecule has 0 aliphatic rings. The summed E-state index contributed by atoms with van der Waals surface area (Å²) < 4.78 is 0. The third-order valence-electron chi connectivity index (χ3n) is 3.85. The van der Waals surface area contributed by atoms with E-state index in [-0.39, 0.29) is 24.9 Å². The van der Waals surface area contributed by atoms with Crippen LogP contribution in [0.4, 0.5) is 0 Å². The van der Waals surface area contributed by atoms with Crippen molar-refractivity contribution in [3.63, 3.8) is 0 Å². The van der Waals surface area contributed by atoms with Crippen molar-refractivity contribution in [2.75, 3.05) is 26.2 Å². The number of hydrogen-bond acceptors (Lipinski definition) is 4. The lowest BCUT2D eigenvalue weighted by Gasteiger charge is -2.19. The SMILES string of the molecule is CCN(CC(=O)NCCc1cccc(Cl)c1)CC(=O)NCc1cccs1. The molecule has 0 aliphatic heterocycles. The maximum absolute atomic E-state index is 12.1. The van der Waals surface area contributed by atoms with Crippen LogP contribution in [-0.4, -0.2) is 42.9 Å². The quantitative estimate of drug-likeness (QED) is 0.652. The molecule has 0 fully saturated rings. The van der Waals surface area contributed by atoms with Crippen molar-refractivity contribution in [1.82, 2.24) is 15.5 Å². The molecule has 140 valence electrons. The molecule has 2 aromatic rings. The molecule has 0 radical (unpaired) electrons. The first-order valence-corrected chi connectivity index (χ1v) is 9.85. The van der Waals surface area contributed by atoms with Crippen molar-refractivity contribution in [3.05, 3.63) is 57.2 Å². The first-order chi connectivity index (χ1) is 12.6. The number of nitrogens with one attached hydrogen (secondary N) is 2. The van der Waals surface area contributed by atoms with Crippen molar-refractivity contribution in [3.8, 4) is 0 Å². The lowest BCUT2D eigenvalue weighted by atomic mass is 10.1. The van der Waals surface area contributed by atoms with E-state index in [2.05, 4.69) is 10.6 Å². The maximum atomic E-state index is 12.1. The average Bonchev–Trinajstić information content (AvgIpc) is 3.13. The standard InChI is InChI=1S/C19H24ClN3O2S/c1-2-23(14-19(25)22-12-17-7-4-10-26-17)13-18(24)21-9-8-15-5-3-6-16(20)11-15/h3-7,10-11H,2,8-9,12-14H2,1H3,(H,21,24)(H,22,25). The lowest BCUT2D eigenvalue weighted by molar-refractivity contribution is -0.125. The Morgan fingerprint density at radius 2 is 1.88 bits per heavy atom. The number of carbonyl (C=O) groups excluding carboxylic acids is 2. The Hall–Kier alpha value is -1.89. The van der Waals surface area contributed by atoms with Crippen molar-refractivity contribution in [2.45, 2.75) is 19.9 Å². The molecule has 1 aromatic heterocycles. The Kier molecular flexibility index (Phi) is 8.61. The van der Waals surface area contributed by atoms with Crippen molar-refractivity contribution < 1.29 is 9.59 Å². The van der Waals surface area contributed by atoms with Crippen LogP contribution in [0.2, 0.25) is 5.02 Å². The second kappa shape index (κ2) is 11.0. The molecule has 0 spiro atoms. The molecule has 26 heavy (non-hydrogen) atoms. The second-order valence-corrected chi connectivity index (χ2v) is 7.36. The predicted octanol–water partition coefficient (Wildman–Crippen LogP) is 2.70. The lowest BCUT2D eigenvalue weighted by Crippen LogP contribution is -2.43. The summed E-state index contributed by atoms with van der Waals surface area (Å²) in [5.74, 6) is -0.160. The Bertz CT molecular complexity index is 707. The molecule has 2 rings (SSSR count). The highest BCUT2D eigenvalue weighted by molar-refractivity contribution is 7.09. The van der Waals surface area contributed by atoms with E-state index >= 15 is 0 Å². The zero-order valence-electron chi connectivity index (χ0n) is 14.8. The molecule has 0 saturated heterocycles. The fourth-order valence-corrected chi connectivity index (χ4v) is 3.29. The molecule has 0 aliphatic carbocycles. The van der Waals surface area contributed by atoms with Crippen LogP contribution in [0.15, 0.2) is 41.8 Å². The molecule has 0 bridgehead atoms. The second-order valence-electron chi connectivity index (χ2n) is 5.89. The number of amides is 2. The van der Waals surface area contributed by atoms with E-state index in [1.807, 2.05) is 53.6 Å². The van der Waals surface area contributed by atoms with E-state index in [4.69, 9.17) is 11.6 Å². The van der Waals surface area contributed by atoms with Gasteiger partial charge in [-0.1, -0.05) is 36.7 Å². The van der Waals surface area contributed by atoms with Crippen molar-refractivity contribution >= 4 is 34.8 Å². The number of hydrogen-bond donors (Lipinski definition) is 2. The molecule has 2 N–H and O–H groups in total. The summed E-state index contributed by atoms with van der Waals surface area (Å²) in [7, 11) is 0. The summed E-state index contributed by atoms with van der Waals surface area (Å²) in [6.45, 7) is 4.06. The van der Waals surface area contributed by atoms with Crippen LogP contribution in [-0.2, 0) is 22.6 Å². The van der Waals surface area contributed by atoms with E-state index in [1.165, 1.54) is 0 Å². The molecule has 1 heterocycles. The highest BCUT2D eigenvalue weighted by atomic mass is 35.5. The molecule has 0 saturated carbocycles. The highest BCUT2D eigenvalue weighted by Gasteiger charge is 2.13. The number of thiophene rings is 1. The number of rotatable bonds is 10. The van der Waals surface area contributed by atoms with E-state index < -0.39 is 0 Å². The Morgan fingerprint density at radius 1 is 1.12 bits per heavy atom. The number of nitrogens with zero attached hydrogens (tertiary/aromatic N) is 1. The summed E-state index contributed by atoms with van der Waals surface area (Å²) in [4.78, 5) is 27.0. The fraction of sp³-hybridized carbons (Fsp3) is 0.368. The monoisotopic (exact) mass is 393 g/mol. The minimum atomic E-state index is -0.0834. The first kappa shape index (κ1) is 20.4. The number of likely N-dealkylation sites (N-methyl/N-ethyl adjacent to an activating group) is 1. The van der Waals surface area contributed by atoms with Gasteiger partial charge < -0.3 is 10.6 Å². The van der Waals surface area contributed by atoms with E-state index in [9.17, 15) is 9.59 Å². The van der Waals surface area contributed by atoms with Crippen LogP contribution in [0.1, 0.15) is 17.4 Å². The summed E-state index contributed by atoms with van der Waals surface area (Å²) in [5.41, 5.74) is 1.08. The van der Waals surface area contributed by atoms with Crippen molar-refractivity contribution in [1.29, 1.82) is 0 Å². The number of halogens is 1. The van der Waals surface area contributed by atoms with Gasteiger partial charge in [-0.25, -0.2) is 0 Å². The van der Waals surface area contributed by atoms with Crippen molar-refractivity contribution in [2.24, 2.45) is 0 Å². The summed E-state index contributed by atoms with van der Waals surface area (Å²) in [6.07, 6.45) is 0.722. The molecule has 0 unspecified atom stereocenters. The van der Waals surface area contributed by atoms with Gasteiger partial charge in [0.2, 0.25) is 11.8 Å². The van der Waals surface area contributed by atoms with Crippen LogP contribution in [0, 0.1) is 0 Å². The first-order valence-electron chi connectivity index (χ1n) is 8.59. The van der Waals surface area contributed by atoms with Crippen LogP contribution in [0.3, 0.4) is 0 Å². The van der Waals surface area contributed by atoms with Gasteiger partial charge in [0.05, 0.1) is 19.6 Å². The normalized spacial score (nSPS) is 10.7. The zero-order chi connectivity index (χ0) is 18.8. The van der Waals surface area contributed by atoms with Gasteiger partial charge in [-0.15, -0.1) is 11.3 Å². The van der Waals surface area contributed by atoms with Gasteiger partial charge in [-0.3, -0.25) is 14.5 Å². The Labute approximate surface area is 163 Å². The third-order valence-corrected chi connectivity index (χ3v) is 4.96. The van der Waals surface area contributed by atoms with Gasteiger partial charge in [0.25, 0.3) is 0 Å². The minimum Gasteiger partial charge on any atom is -0.355 e. The molecule has 0 atom stereocenters. The predicted molar refractivity (Wildman–Crippen MR) is 106 cm³/mol. The summed E-state index contributed by atoms with van der Waals surface area (Å²) in [5, 5.41) is 8.44. The Balaban J connectivity index is 1.67. The van der Waals surface area contributed by atoms with Gasteiger partial charge >= 0.3 is 0 Å². The fourth-order valence-electron chi connectivity index (χ4n) is 2.44. The van der Waals surface area contributed by atoms with Gasteiger partial charge in [0.1, 0.15) is 0 Å². The van der Waals surface area contributed by atoms with Gasteiger partial charge in [-0.05, 0) is 42.1 Å². The average molecular weight is 394 g/mol. The third kappa shape index (κ3) is 7.56. The summed E-state index contributed by atoms with van der Waals surface area (Å²) in [6, 6.07) is 11.5. The van der Waals surface area contributed by atoms with Gasteiger partial charge in [0, 0.05) is 16.4 Å². The van der Waals surface area contributed by atoms with Gasteiger partial charge in [-0.2, -0.15) is 0 Å². The number of carbonyl (C=O) groups is 2. The number of benzene rings is 1. The van der Waals surface area contributed by atoms with Crippen LogP contribution in [0.5, 0.6) is 0 Å². The van der Waals surface area contributed by atoms with E-state index in [1.54, 1.807) is 11.3 Å². The van der Waals surface area contributed by atoms with Crippen LogP contribution >= 0.6 is 22.9 Å². The smallest absolute Gasteiger partial charge is 0.234 e. The molecule has 5 nitrogen and oxygen atoms in total. The van der Waals surface area contributed by atoms with Gasteiger partial charge in [0.15, 0.2) is 0 Å². The van der Waals surface area contributed by atoms with Crippen LogP contribution in [0.25, 0.3) is 0 Å². The topological polar surface area (TPSA) is 61.4 Å². The largest absolute Gasteiger partial charge is 0.355 e. The molecule has 2 amide bonds. The zero-order valence-corrected chi connectivity index (χ0v) is 16.4. The summed E-state index contributed by atoms with van der Waals surface area (Å²) >= 11 is 7.56.